The molecule has 0 aliphatic carbocycles. The van der Waals surface area contributed by atoms with Gasteiger partial charge in [0.15, 0.2) is 5.78 Å². The predicted molar refractivity (Wildman–Crippen MR) is 74.4 cm³/mol. The zero-order valence-electron chi connectivity index (χ0n) is 11.8. The van der Waals surface area contributed by atoms with E-state index >= 15 is 0 Å². The Morgan fingerprint density at radius 3 is 2.50 bits per heavy atom. The largest absolute Gasteiger partial charge is 0.507 e. The molecule has 0 amide bonds. The summed E-state index contributed by atoms with van der Waals surface area (Å²) in [5, 5.41) is 9.86. The highest BCUT2D eigenvalue weighted by Gasteiger charge is 2.20. The molecule has 0 saturated carbocycles. The SMILES string of the molecule is C/C=C/CCC(=O)c1cc(C(=O)OC)c(OC)cc1O. The minimum Gasteiger partial charge on any atom is -0.507 e. The molecular formula is C15H18O5. The first kappa shape index (κ1) is 15.8. The summed E-state index contributed by atoms with van der Waals surface area (Å²) in [5.41, 5.74) is 0.206. The van der Waals surface area contributed by atoms with Crippen molar-refractivity contribution in [2.75, 3.05) is 14.2 Å². The van der Waals surface area contributed by atoms with Gasteiger partial charge in [-0.2, -0.15) is 0 Å². The third-order valence-corrected chi connectivity index (χ3v) is 2.80. The van der Waals surface area contributed by atoms with E-state index < -0.39 is 5.97 Å². The number of phenolic OH excluding ortho intramolecular Hbond substituents is 1. The number of methoxy groups -OCH3 is 2. The van der Waals surface area contributed by atoms with E-state index in [2.05, 4.69) is 4.74 Å². The van der Waals surface area contributed by atoms with Gasteiger partial charge in [0, 0.05) is 12.5 Å². The molecule has 0 atom stereocenters. The van der Waals surface area contributed by atoms with Gasteiger partial charge >= 0.3 is 5.97 Å². The highest BCUT2D eigenvalue weighted by Crippen LogP contribution is 2.29. The van der Waals surface area contributed by atoms with Crippen molar-refractivity contribution in [2.24, 2.45) is 0 Å². The fourth-order valence-corrected chi connectivity index (χ4v) is 1.75. The summed E-state index contributed by atoms with van der Waals surface area (Å²) in [6, 6.07) is 2.55. The molecule has 20 heavy (non-hydrogen) atoms. The van der Waals surface area contributed by atoms with Gasteiger partial charge in [0.2, 0.25) is 0 Å². The van der Waals surface area contributed by atoms with E-state index in [-0.39, 0.29) is 34.8 Å². The van der Waals surface area contributed by atoms with E-state index in [4.69, 9.17) is 4.74 Å². The molecule has 0 spiro atoms. The van der Waals surface area contributed by atoms with E-state index in [1.807, 2.05) is 19.1 Å². The first-order valence-corrected chi connectivity index (χ1v) is 6.18. The molecule has 0 saturated heterocycles. The van der Waals surface area contributed by atoms with Crippen LogP contribution in [-0.4, -0.2) is 31.1 Å². The molecule has 0 heterocycles. The first-order valence-electron chi connectivity index (χ1n) is 6.18. The van der Waals surface area contributed by atoms with Crippen molar-refractivity contribution in [1.82, 2.24) is 0 Å². The maximum atomic E-state index is 12.0. The number of ether oxygens (including phenoxy) is 2. The van der Waals surface area contributed by atoms with Crippen LogP contribution < -0.4 is 4.74 Å². The summed E-state index contributed by atoms with van der Waals surface area (Å²) >= 11 is 0. The van der Waals surface area contributed by atoms with Gasteiger partial charge in [-0.3, -0.25) is 4.79 Å². The Morgan fingerprint density at radius 2 is 1.95 bits per heavy atom. The van der Waals surface area contributed by atoms with Crippen LogP contribution in [0.25, 0.3) is 0 Å². The number of aromatic hydroxyl groups is 1. The topological polar surface area (TPSA) is 72.8 Å². The number of ketones is 1. The van der Waals surface area contributed by atoms with E-state index in [9.17, 15) is 14.7 Å². The van der Waals surface area contributed by atoms with Crippen molar-refractivity contribution in [3.05, 3.63) is 35.4 Å². The number of benzene rings is 1. The lowest BCUT2D eigenvalue weighted by atomic mass is 10.0. The predicted octanol–water partition coefficient (Wildman–Crippen LogP) is 2.73. The number of hydrogen-bond donors (Lipinski definition) is 1. The third kappa shape index (κ3) is 3.60. The molecule has 0 aromatic heterocycles. The molecule has 0 radical (unpaired) electrons. The lowest BCUT2D eigenvalue weighted by Crippen LogP contribution is -2.07. The van der Waals surface area contributed by atoms with Crippen LogP contribution in [0.1, 0.15) is 40.5 Å². The van der Waals surface area contributed by atoms with Gasteiger partial charge in [0.05, 0.1) is 19.8 Å². The molecular weight excluding hydrogens is 260 g/mol. The van der Waals surface area contributed by atoms with Crippen LogP contribution in [0.4, 0.5) is 0 Å². The average molecular weight is 278 g/mol. The van der Waals surface area contributed by atoms with Gasteiger partial charge in [0.1, 0.15) is 17.1 Å². The van der Waals surface area contributed by atoms with Crippen molar-refractivity contribution in [2.45, 2.75) is 19.8 Å². The molecule has 0 aliphatic heterocycles. The number of rotatable bonds is 6. The lowest BCUT2D eigenvalue weighted by Gasteiger charge is -2.10. The minimum absolute atomic E-state index is 0.0932. The molecule has 1 aromatic rings. The van der Waals surface area contributed by atoms with Crippen molar-refractivity contribution in [3.8, 4) is 11.5 Å². The molecule has 0 fully saturated rings. The Bertz CT molecular complexity index is 531. The number of hydrogen-bond acceptors (Lipinski definition) is 5. The quantitative estimate of drug-likeness (QED) is 0.492. The average Bonchev–Trinajstić information content (AvgIpc) is 2.46. The van der Waals surface area contributed by atoms with Crippen LogP contribution in [0.15, 0.2) is 24.3 Å². The lowest BCUT2D eigenvalue weighted by molar-refractivity contribution is 0.0597. The summed E-state index contributed by atoms with van der Waals surface area (Å²) in [6.07, 6.45) is 4.54. The van der Waals surface area contributed by atoms with Crippen LogP contribution in [0.5, 0.6) is 11.5 Å². The number of Topliss-reactive ketones (excluding diaryl/α,β-unsaturated/α-hetero) is 1. The Balaban J connectivity index is 3.13. The van der Waals surface area contributed by atoms with E-state index in [0.29, 0.717) is 6.42 Å². The normalized spacial score (nSPS) is 10.6. The summed E-state index contributed by atoms with van der Waals surface area (Å²) in [4.78, 5) is 23.6. The minimum atomic E-state index is -0.621. The summed E-state index contributed by atoms with van der Waals surface area (Å²) in [6.45, 7) is 1.87. The first-order chi connectivity index (χ1) is 9.54. The molecule has 5 nitrogen and oxygen atoms in total. The zero-order chi connectivity index (χ0) is 15.1. The molecule has 1 rings (SSSR count). The standard InChI is InChI=1S/C15H18O5/c1-4-5-6-7-12(16)10-8-11(15(18)20-3)14(19-2)9-13(10)17/h4-5,8-9,17H,6-7H2,1-3H3/b5-4+. The molecule has 5 heteroatoms. The molecule has 0 bridgehead atoms. The Morgan fingerprint density at radius 1 is 1.25 bits per heavy atom. The Labute approximate surface area is 117 Å². The molecule has 0 unspecified atom stereocenters. The molecule has 0 aliphatic rings. The summed E-state index contributed by atoms with van der Waals surface area (Å²) in [5.74, 6) is -0.905. The van der Waals surface area contributed by atoms with Gasteiger partial charge in [-0.15, -0.1) is 0 Å². The van der Waals surface area contributed by atoms with E-state index in [1.165, 1.54) is 26.4 Å². The van der Waals surface area contributed by atoms with Crippen molar-refractivity contribution in [1.29, 1.82) is 0 Å². The fraction of sp³-hybridized carbons (Fsp3) is 0.333. The van der Waals surface area contributed by atoms with E-state index in [0.717, 1.165) is 0 Å². The second-order valence-corrected chi connectivity index (χ2v) is 4.09. The number of allylic oxidation sites excluding steroid dienone is 2. The van der Waals surface area contributed by atoms with Crippen LogP contribution in [0, 0.1) is 0 Å². The maximum Gasteiger partial charge on any atom is 0.341 e. The van der Waals surface area contributed by atoms with Gasteiger partial charge in [-0.05, 0) is 19.4 Å². The van der Waals surface area contributed by atoms with E-state index in [1.54, 1.807) is 0 Å². The smallest absolute Gasteiger partial charge is 0.341 e. The number of carbonyl (C=O) groups excluding carboxylic acids is 2. The highest BCUT2D eigenvalue weighted by atomic mass is 16.5. The summed E-state index contributed by atoms with van der Waals surface area (Å²) in [7, 11) is 2.61. The van der Waals surface area contributed by atoms with Crippen LogP contribution in [0.3, 0.4) is 0 Å². The van der Waals surface area contributed by atoms with Gasteiger partial charge in [-0.25, -0.2) is 4.79 Å². The third-order valence-electron chi connectivity index (χ3n) is 2.80. The summed E-state index contributed by atoms with van der Waals surface area (Å²) < 4.78 is 9.63. The molecule has 108 valence electrons. The van der Waals surface area contributed by atoms with Gasteiger partial charge in [0.25, 0.3) is 0 Å². The fourth-order valence-electron chi connectivity index (χ4n) is 1.75. The van der Waals surface area contributed by atoms with Gasteiger partial charge in [-0.1, -0.05) is 12.2 Å². The molecule has 1 N–H and O–H groups in total. The van der Waals surface area contributed by atoms with Crippen molar-refractivity contribution < 1.29 is 24.2 Å². The Hall–Kier alpha value is -2.30. The van der Waals surface area contributed by atoms with Crippen LogP contribution in [-0.2, 0) is 4.74 Å². The second kappa shape index (κ2) is 7.33. The Kier molecular flexibility index (Phi) is 5.77. The maximum absolute atomic E-state index is 12.0. The highest BCUT2D eigenvalue weighted by molar-refractivity contribution is 6.02. The van der Waals surface area contributed by atoms with Crippen molar-refractivity contribution >= 4 is 11.8 Å². The second-order valence-electron chi connectivity index (χ2n) is 4.09. The van der Waals surface area contributed by atoms with Crippen LogP contribution in [0.2, 0.25) is 0 Å². The number of esters is 1. The number of phenols is 1. The zero-order valence-corrected chi connectivity index (χ0v) is 11.8. The number of carbonyl (C=O) groups is 2. The monoisotopic (exact) mass is 278 g/mol. The van der Waals surface area contributed by atoms with Crippen molar-refractivity contribution in [3.63, 3.8) is 0 Å². The molecule has 1 aromatic carbocycles. The van der Waals surface area contributed by atoms with Gasteiger partial charge < -0.3 is 14.6 Å². The van der Waals surface area contributed by atoms with Crippen LogP contribution >= 0.6 is 0 Å².